The first-order valence-corrected chi connectivity index (χ1v) is 5.13. The predicted molar refractivity (Wildman–Crippen MR) is 39.6 cm³/mol. The molecule has 6 heteroatoms. The van der Waals surface area contributed by atoms with E-state index in [0.29, 0.717) is 6.08 Å². The van der Waals surface area contributed by atoms with Crippen LogP contribution in [0.25, 0.3) is 0 Å². The van der Waals surface area contributed by atoms with E-state index in [1.807, 2.05) is 0 Å². The minimum Gasteiger partial charge on any atom is -0.0939 e. The molecule has 0 aromatic heterocycles. The molecular weight excluding hydrogens is 199 g/mol. The Morgan fingerprint density at radius 3 is 1.83 bits per heavy atom. The first-order chi connectivity index (χ1) is 5.09. The fourth-order valence-corrected chi connectivity index (χ4v) is 1.72. The first kappa shape index (κ1) is 9.57. The third-order valence-corrected chi connectivity index (χ3v) is 2.79. The fourth-order valence-electron chi connectivity index (χ4n) is 0.894. The van der Waals surface area contributed by atoms with Gasteiger partial charge in [-0.3, -0.25) is 0 Å². The minimum absolute atomic E-state index is 0.0685. The maximum Gasteiger partial charge on any atom is 0.307 e. The molecule has 0 aliphatic heterocycles. The molecule has 0 spiro atoms. The summed E-state index contributed by atoms with van der Waals surface area (Å²) in [6.07, 6.45) is 2.29. The van der Waals surface area contributed by atoms with Crippen LogP contribution in [0.5, 0.6) is 0 Å². The van der Waals surface area contributed by atoms with Gasteiger partial charge in [-0.1, -0.05) is 37.7 Å². The Balaban J connectivity index is 3.07. The summed E-state index contributed by atoms with van der Waals surface area (Å²) in [5.41, 5.74) is 0. The highest BCUT2D eigenvalue weighted by Gasteiger charge is 2.66. The number of rotatable bonds is 1. The second kappa shape index (κ2) is 1.86. The molecule has 0 fully saturated rings. The van der Waals surface area contributed by atoms with Gasteiger partial charge in [0.25, 0.3) is 0 Å². The fraction of sp³-hybridized carbons (Fsp3) is 0.333. The molecule has 1 aliphatic rings. The Morgan fingerprint density at radius 2 is 1.58 bits per heavy atom. The molecule has 0 radical (unpaired) electrons. The predicted octanol–water partition coefficient (Wildman–Crippen LogP) is 4.52. The summed E-state index contributed by atoms with van der Waals surface area (Å²) in [4.78, 5) is -1.67. The monoisotopic (exact) mass is 206 g/mol. The lowest BCUT2D eigenvalue weighted by Gasteiger charge is -2.42. The minimum atomic E-state index is -9.34. The van der Waals surface area contributed by atoms with Crippen molar-refractivity contribution in [3.63, 3.8) is 0 Å². The molecule has 0 bridgehead atoms. The SMILES string of the molecule is FS(F)(F)(F)(F)C1=CCC=CC1. The summed E-state index contributed by atoms with van der Waals surface area (Å²) in [6, 6.07) is 0. The molecule has 0 saturated carbocycles. The molecule has 0 N–H and O–H groups in total. The number of hydrogen-bond donors (Lipinski definition) is 0. The number of halogens is 5. The van der Waals surface area contributed by atoms with Crippen LogP contribution in [0, 0.1) is 0 Å². The van der Waals surface area contributed by atoms with Crippen LogP contribution in [0.4, 0.5) is 19.4 Å². The zero-order valence-corrected chi connectivity index (χ0v) is 6.76. The van der Waals surface area contributed by atoms with Crippen LogP contribution in [0.1, 0.15) is 12.8 Å². The van der Waals surface area contributed by atoms with E-state index in [0.717, 1.165) is 6.08 Å². The molecule has 0 nitrogen and oxygen atoms in total. The van der Waals surface area contributed by atoms with Gasteiger partial charge in [0.05, 0.1) is 4.91 Å². The van der Waals surface area contributed by atoms with Gasteiger partial charge in [-0.2, -0.15) is 0 Å². The molecule has 0 amide bonds. The van der Waals surface area contributed by atoms with Crippen LogP contribution in [-0.4, -0.2) is 0 Å². The van der Waals surface area contributed by atoms with Crippen LogP contribution >= 0.6 is 10.2 Å². The molecule has 1 aliphatic carbocycles. The highest BCUT2D eigenvalue weighted by atomic mass is 32.5. The van der Waals surface area contributed by atoms with E-state index in [2.05, 4.69) is 0 Å². The molecule has 0 aromatic carbocycles. The van der Waals surface area contributed by atoms with Crippen LogP contribution < -0.4 is 0 Å². The molecule has 0 heterocycles. The van der Waals surface area contributed by atoms with Crippen molar-refractivity contribution >= 4 is 10.2 Å². The number of allylic oxidation sites excluding steroid dienone is 4. The van der Waals surface area contributed by atoms with E-state index in [1.54, 1.807) is 0 Å². The van der Waals surface area contributed by atoms with Crippen LogP contribution in [-0.2, 0) is 0 Å². The van der Waals surface area contributed by atoms with Gasteiger partial charge in [-0.25, -0.2) is 0 Å². The van der Waals surface area contributed by atoms with Crippen molar-refractivity contribution in [2.45, 2.75) is 12.8 Å². The first-order valence-electron chi connectivity index (χ1n) is 3.18. The Morgan fingerprint density at radius 1 is 1.00 bits per heavy atom. The summed E-state index contributed by atoms with van der Waals surface area (Å²) >= 11 is 0. The summed E-state index contributed by atoms with van der Waals surface area (Å²) in [6.45, 7) is 0. The zero-order chi connectivity index (χ0) is 9.52. The molecule has 0 unspecified atom stereocenters. The van der Waals surface area contributed by atoms with Gasteiger partial charge in [-0.15, -0.1) is 0 Å². The number of hydrogen-bond acceptors (Lipinski definition) is 0. The maximum atomic E-state index is 12.0. The lowest BCUT2D eigenvalue weighted by Crippen LogP contribution is -2.09. The van der Waals surface area contributed by atoms with Crippen molar-refractivity contribution < 1.29 is 19.4 Å². The lowest BCUT2D eigenvalue weighted by atomic mass is 10.2. The van der Waals surface area contributed by atoms with E-state index in [4.69, 9.17) is 0 Å². The van der Waals surface area contributed by atoms with Crippen LogP contribution in [0.2, 0.25) is 0 Å². The smallest absolute Gasteiger partial charge is 0.0939 e. The second-order valence-corrected chi connectivity index (χ2v) is 5.01. The molecule has 0 aromatic rings. The molecule has 72 valence electrons. The Bertz CT molecular complexity index is 255. The van der Waals surface area contributed by atoms with E-state index in [9.17, 15) is 19.4 Å². The van der Waals surface area contributed by atoms with Crippen molar-refractivity contribution in [2.24, 2.45) is 0 Å². The third-order valence-electron chi connectivity index (χ3n) is 1.46. The summed E-state index contributed by atoms with van der Waals surface area (Å²) in [7, 11) is -9.34. The average Bonchev–Trinajstić information content (AvgIpc) is 1.85. The van der Waals surface area contributed by atoms with Gasteiger partial charge in [0.2, 0.25) is 0 Å². The second-order valence-electron chi connectivity index (χ2n) is 2.55. The normalized spacial score (nSPS) is 24.2. The molecular formula is C6H7F5S. The standard InChI is InChI=1S/C6H7F5S/c7-12(8,9,10,11)6-4-2-1-3-5-6/h1-2,5H,3-4H2. The van der Waals surface area contributed by atoms with Gasteiger partial charge >= 0.3 is 10.2 Å². The summed E-state index contributed by atoms with van der Waals surface area (Å²) < 4.78 is 60.0. The average molecular weight is 206 g/mol. The quantitative estimate of drug-likeness (QED) is 0.437. The molecule has 0 atom stereocenters. The maximum absolute atomic E-state index is 12.0. The van der Waals surface area contributed by atoms with Gasteiger partial charge in [0.15, 0.2) is 0 Å². The highest BCUT2D eigenvalue weighted by molar-refractivity contribution is 8.48. The van der Waals surface area contributed by atoms with Crippen molar-refractivity contribution in [3.05, 3.63) is 23.1 Å². The van der Waals surface area contributed by atoms with Crippen LogP contribution in [0.15, 0.2) is 23.1 Å². The third kappa shape index (κ3) is 2.23. The highest BCUT2D eigenvalue weighted by Crippen LogP contribution is 3.02. The van der Waals surface area contributed by atoms with E-state index in [1.165, 1.54) is 6.08 Å². The Kier molecular flexibility index (Phi) is 1.49. The summed E-state index contributed by atoms with van der Waals surface area (Å²) in [5, 5.41) is 0. The van der Waals surface area contributed by atoms with E-state index < -0.39 is 21.5 Å². The largest absolute Gasteiger partial charge is 0.307 e. The van der Waals surface area contributed by atoms with E-state index >= 15 is 0 Å². The molecule has 0 saturated heterocycles. The molecule has 1 rings (SSSR count). The van der Waals surface area contributed by atoms with Crippen molar-refractivity contribution in [1.29, 1.82) is 0 Å². The van der Waals surface area contributed by atoms with Crippen molar-refractivity contribution in [1.82, 2.24) is 0 Å². The van der Waals surface area contributed by atoms with Crippen molar-refractivity contribution in [2.75, 3.05) is 0 Å². The Hall–Kier alpha value is -0.520. The van der Waals surface area contributed by atoms with Gasteiger partial charge in [-0.05, 0) is 6.42 Å². The van der Waals surface area contributed by atoms with Gasteiger partial charge in [0, 0.05) is 6.42 Å². The van der Waals surface area contributed by atoms with Crippen molar-refractivity contribution in [3.8, 4) is 0 Å². The van der Waals surface area contributed by atoms with E-state index in [-0.39, 0.29) is 6.42 Å². The van der Waals surface area contributed by atoms with Crippen LogP contribution in [0.3, 0.4) is 0 Å². The topological polar surface area (TPSA) is 0 Å². The van der Waals surface area contributed by atoms with Gasteiger partial charge < -0.3 is 0 Å². The summed E-state index contributed by atoms with van der Waals surface area (Å²) in [5.74, 6) is 0. The lowest BCUT2D eigenvalue weighted by molar-refractivity contribution is 0.376. The molecule has 12 heavy (non-hydrogen) atoms. The zero-order valence-electron chi connectivity index (χ0n) is 5.94. The Labute approximate surface area is 66.5 Å². The van der Waals surface area contributed by atoms with Gasteiger partial charge in [0.1, 0.15) is 0 Å².